The summed E-state index contributed by atoms with van der Waals surface area (Å²) in [6.45, 7) is 1.71. The number of hydrogen-bond donors (Lipinski definition) is 1. The Bertz CT molecular complexity index is 708. The number of nitrogens with one attached hydrogen (secondary N) is 1. The normalized spacial score (nSPS) is 13.6. The van der Waals surface area contributed by atoms with Crippen molar-refractivity contribution in [3.63, 3.8) is 0 Å². The summed E-state index contributed by atoms with van der Waals surface area (Å²) in [7, 11) is 0. The van der Waals surface area contributed by atoms with Crippen molar-refractivity contribution in [2.24, 2.45) is 0 Å². The van der Waals surface area contributed by atoms with Crippen LogP contribution in [-0.2, 0) is 4.79 Å². The third kappa shape index (κ3) is 4.13. The summed E-state index contributed by atoms with van der Waals surface area (Å²) < 4.78 is 5.41. The third-order valence-electron chi connectivity index (χ3n) is 3.48. The lowest BCUT2D eigenvalue weighted by Gasteiger charge is -2.06. The highest BCUT2D eigenvalue weighted by Gasteiger charge is 2.27. The lowest BCUT2D eigenvalue weighted by Crippen LogP contribution is -2.20. The SMILES string of the molecule is CCC(=O)c1ccc(OCC(=O)Nc2nnc(C3CC3)s2)cc1. The predicted octanol–water partition coefficient (Wildman–Crippen LogP) is 3.03. The minimum absolute atomic E-state index is 0.0806. The highest BCUT2D eigenvalue weighted by Crippen LogP contribution is 2.41. The van der Waals surface area contributed by atoms with Crippen molar-refractivity contribution in [1.29, 1.82) is 0 Å². The molecule has 0 bridgehead atoms. The van der Waals surface area contributed by atoms with E-state index in [2.05, 4.69) is 15.5 Å². The molecule has 120 valence electrons. The maximum Gasteiger partial charge on any atom is 0.264 e. The number of ketones is 1. The summed E-state index contributed by atoms with van der Waals surface area (Å²) in [4.78, 5) is 23.4. The van der Waals surface area contributed by atoms with Gasteiger partial charge in [-0.2, -0.15) is 0 Å². The summed E-state index contributed by atoms with van der Waals surface area (Å²) >= 11 is 1.41. The topological polar surface area (TPSA) is 81.2 Å². The monoisotopic (exact) mass is 331 g/mol. The van der Waals surface area contributed by atoms with Gasteiger partial charge in [-0.25, -0.2) is 0 Å². The van der Waals surface area contributed by atoms with Crippen LogP contribution < -0.4 is 10.1 Å². The van der Waals surface area contributed by atoms with Crippen LogP contribution in [0.2, 0.25) is 0 Å². The smallest absolute Gasteiger partial charge is 0.264 e. The van der Waals surface area contributed by atoms with Crippen LogP contribution >= 0.6 is 11.3 Å². The number of carbonyl (C=O) groups excluding carboxylic acids is 2. The van der Waals surface area contributed by atoms with Gasteiger partial charge in [-0.15, -0.1) is 10.2 Å². The van der Waals surface area contributed by atoms with Gasteiger partial charge in [0, 0.05) is 17.9 Å². The molecule has 1 heterocycles. The van der Waals surface area contributed by atoms with Crippen LogP contribution in [0, 0.1) is 0 Å². The first-order chi connectivity index (χ1) is 11.2. The first kappa shape index (κ1) is 15.6. The molecule has 1 aliphatic rings. The minimum Gasteiger partial charge on any atom is -0.484 e. The van der Waals surface area contributed by atoms with E-state index in [1.807, 2.05) is 6.92 Å². The Balaban J connectivity index is 1.48. The number of benzene rings is 1. The van der Waals surface area contributed by atoms with Gasteiger partial charge < -0.3 is 4.74 Å². The number of amides is 1. The van der Waals surface area contributed by atoms with Crippen LogP contribution in [0.25, 0.3) is 0 Å². The van der Waals surface area contributed by atoms with Crippen molar-refractivity contribution >= 4 is 28.2 Å². The molecule has 0 spiro atoms. The second kappa shape index (κ2) is 6.87. The summed E-state index contributed by atoms with van der Waals surface area (Å²) in [6, 6.07) is 6.77. The minimum atomic E-state index is -0.280. The Morgan fingerprint density at radius 2 is 2.00 bits per heavy atom. The Morgan fingerprint density at radius 1 is 1.26 bits per heavy atom. The number of ether oxygens (including phenoxy) is 1. The Hall–Kier alpha value is -2.28. The fourth-order valence-electron chi connectivity index (χ4n) is 2.03. The first-order valence-corrected chi connectivity index (χ1v) is 8.36. The molecular formula is C16H17N3O3S. The van der Waals surface area contributed by atoms with E-state index in [9.17, 15) is 9.59 Å². The highest BCUT2D eigenvalue weighted by molar-refractivity contribution is 7.15. The maximum atomic E-state index is 11.9. The molecule has 1 fully saturated rings. The van der Waals surface area contributed by atoms with Crippen molar-refractivity contribution in [2.45, 2.75) is 32.1 Å². The fourth-order valence-corrected chi connectivity index (χ4v) is 2.95. The van der Waals surface area contributed by atoms with Gasteiger partial charge in [-0.05, 0) is 37.1 Å². The van der Waals surface area contributed by atoms with Gasteiger partial charge in [0.1, 0.15) is 10.8 Å². The van der Waals surface area contributed by atoms with E-state index in [1.54, 1.807) is 24.3 Å². The average molecular weight is 331 g/mol. The maximum absolute atomic E-state index is 11.9. The lowest BCUT2D eigenvalue weighted by atomic mass is 10.1. The number of aromatic nitrogens is 2. The molecule has 0 saturated heterocycles. The number of nitrogens with zero attached hydrogens (tertiary/aromatic N) is 2. The average Bonchev–Trinajstić information content (AvgIpc) is 3.33. The van der Waals surface area contributed by atoms with Crippen LogP contribution in [0.15, 0.2) is 24.3 Å². The summed E-state index contributed by atoms with van der Waals surface area (Å²) in [5.41, 5.74) is 0.644. The molecule has 6 nitrogen and oxygen atoms in total. The Morgan fingerprint density at radius 3 is 2.65 bits per heavy atom. The van der Waals surface area contributed by atoms with Gasteiger partial charge >= 0.3 is 0 Å². The molecule has 0 unspecified atom stereocenters. The third-order valence-corrected chi connectivity index (χ3v) is 4.48. The Labute approximate surface area is 137 Å². The molecule has 23 heavy (non-hydrogen) atoms. The molecule has 7 heteroatoms. The van der Waals surface area contributed by atoms with Gasteiger partial charge in [-0.1, -0.05) is 18.3 Å². The molecule has 0 atom stereocenters. The predicted molar refractivity (Wildman–Crippen MR) is 87.1 cm³/mol. The molecule has 1 N–H and O–H groups in total. The molecule has 3 rings (SSSR count). The highest BCUT2D eigenvalue weighted by atomic mass is 32.1. The van der Waals surface area contributed by atoms with Crippen molar-refractivity contribution < 1.29 is 14.3 Å². The standard InChI is InChI=1S/C16H17N3O3S/c1-2-13(20)10-5-7-12(8-6-10)22-9-14(21)17-16-19-18-15(23-16)11-3-4-11/h5-8,11H,2-4,9H2,1H3,(H,17,19,21). The molecular weight excluding hydrogens is 314 g/mol. The van der Waals surface area contributed by atoms with Gasteiger partial charge in [0.05, 0.1) is 0 Å². The largest absolute Gasteiger partial charge is 0.484 e. The summed E-state index contributed by atoms with van der Waals surface area (Å²) in [5.74, 6) is 0.872. The molecule has 1 amide bonds. The zero-order valence-electron chi connectivity index (χ0n) is 12.7. The second-order valence-electron chi connectivity index (χ2n) is 5.36. The van der Waals surface area contributed by atoms with Crippen molar-refractivity contribution in [3.8, 4) is 5.75 Å². The van der Waals surface area contributed by atoms with Gasteiger partial charge in [0.15, 0.2) is 12.4 Å². The van der Waals surface area contributed by atoms with Gasteiger partial charge in [-0.3, -0.25) is 14.9 Å². The Kier molecular flexibility index (Phi) is 4.66. The van der Waals surface area contributed by atoms with E-state index in [0.717, 1.165) is 17.8 Å². The van der Waals surface area contributed by atoms with E-state index < -0.39 is 0 Å². The van der Waals surface area contributed by atoms with Crippen molar-refractivity contribution in [2.75, 3.05) is 11.9 Å². The second-order valence-corrected chi connectivity index (χ2v) is 6.37. The van der Waals surface area contributed by atoms with Gasteiger partial charge in [0.2, 0.25) is 5.13 Å². The number of carbonyl (C=O) groups is 2. The van der Waals surface area contributed by atoms with Crippen molar-refractivity contribution in [1.82, 2.24) is 10.2 Å². The van der Waals surface area contributed by atoms with E-state index in [1.165, 1.54) is 11.3 Å². The van der Waals surface area contributed by atoms with Crippen LogP contribution in [0.4, 0.5) is 5.13 Å². The molecule has 0 radical (unpaired) electrons. The van der Waals surface area contributed by atoms with Crippen LogP contribution in [-0.4, -0.2) is 28.5 Å². The molecule has 1 aromatic heterocycles. The first-order valence-electron chi connectivity index (χ1n) is 7.55. The summed E-state index contributed by atoms with van der Waals surface area (Å²) in [6.07, 6.45) is 2.78. The molecule has 0 aliphatic heterocycles. The van der Waals surface area contributed by atoms with Crippen LogP contribution in [0.1, 0.15) is 47.5 Å². The van der Waals surface area contributed by atoms with Crippen LogP contribution in [0.3, 0.4) is 0 Å². The summed E-state index contributed by atoms with van der Waals surface area (Å²) in [5, 5.41) is 12.2. The van der Waals surface area contributed by atoms with Crippen LogP contribution in [0.5, 0.6) is 5.75 Å². The number of Topliss-reactive ketones (excluding diaryl/α,β-unsaturated/α-hetero) is 1. The van der Waals surface area contributed by atoms with Crippen molar-refractivity contribution in [3.05, 3.63) is 34.8 Å². The zero-order chi connectivity index (χ0) is 16.2. The molecule has 1 aromatic carbocycles. The van der Waals surface area contributed by atoms with E-state index in [0.29, 0.717) is 28.8 Å². The zero-order valence-corrected chi connectivity index (χ0v) is 13.6. The van der Waals surface area contributed by atoms with E-state index in [-0.39, 0.29) is 18.3 Å². The quantitative estimate of drug-likeness (QED) is 0.789. The molecule has 2 aromatic rings. The van der Waals surface area contributed by atoms with E-state index in [4.69, 9.17) is 4.74 Å². The number of rotatable bonds is 7. The number of hydrogen-bond acceptors (Lipinski definition) is 6. The number of anilines is 1. The molecule has 1 aliphatic carbocycles. The molecule has 1 saturated carbocycles. The lowest BCUT2D eigenvalue weighted by molar-refractivity contribution is -0.118. The van der Waals surface area contributed by atoms with Gasteiger partial charge in [0.25, 0.3) is 5.91 Å². The van der Waals surface area contributed by atoms with E-state index >= 15 is 0 Å². The fraction of sp³-hybridized carbons (Fsp3) is 0.375.